The number of methoxy groups -OCH3 is 1. The van der Waals surface area contributed by atoms with Crippen LogP contribution < -0.4 is 4.74 Å². The number of rotatable bonds is 3. The quantitative estimate of drug-likeness (QED) is 0.826. The first-order valence-corrected chi connectivity index (χ1v) is 6.12. The molecular weight excluding hydrogens is 212 g/mol. The maximum Gasteiger partial charge on any atom is 0.220 e. The van der Waals surface area contributed by atoms with Crippen LogP contribution in [0, 0.1) is 0 Å². The summed E-state index contributed by atoms with van der Waals surface area (Å²) in [5.74, 6) is 3.39. The highest BCUT2D eigenvalue weighted by atomic mass is 32.2. The van der Waals surface area contributed by atoms with Crippen LogP contribution in [0.3, 0.4) is 0 Å². The highest BCUT2D eigenvalue weighted by Gasteiger charge is 2.18. The molecule has 0 aromatic carbocycles. The van der Waals surface area contributed by atoms with Crippen LogP contribution in [0.15, 0.2) is 0 Å². The Balaban J connectivity index is 2.38. The summed E-state index contributed by atoms with van der Waals surface area (Å²) >= 11 is 1.88. The first-order chi connectivity index (χ1) is 7.35. The Hall–Kier alpha value is -0.810. The van der Waals surface area contributed by atoms with Crippen molar-refractivity contribution in [1.29, 1.82) is 0 Å². The van der Waals surface area contributed by atoms with E-state index in [1.54, 1.807) is 7.11 Å². The van der Waals surface area contributed by atoms with Gasteiger partial charge in [0.25, 0.3) is 0 Å². The summed E-state index contributed by atoms with van der Waals surface area (Å²) in [6.45, 7) is 0.0801. The molecule has 0 atom stereocenters. The van der Waals surface area contributed by atoms with Crippen molar-refractivity contribution in [3.63, 3.8) is 0 Å². The van der Waals surface area contributed by atoms with Crippen molar-refractivity contribution in [2.45, 2.75) is 18.6 Å². The van der Waals surface area contributed by atoms with E-state index >= 15 is 0 Å². The van der Waals surface area contributed by atoms with Gasteiger partial charge in [-0.25, -0.2) is 4.98 Å². The predicted octanol–water partition coefficient (Wildman–Crippen LogP) is 0.809. The lowest BCUT2D eigenvalue weighted by atomic mass is 10.2. The number of fused-ring (bicyclic) bond motifs is 1. The topological polar surface area (TPSA) is 55.2 Å². The number of hydrogen-bond donors (Lipinski definition) is 1. The normalized spacial score (nSPS) is 14.8. The van der Waals surface area contributed by atoms with Crippen molar-refractivity contribution < 1.29 is 9.84 Å². The number of aromatic nitrogens is 2. The lowest BCUT2D eigenvalue weighted by Crippen LogP contribution is -2.12. The molecule has 1 aliphatic rings. The van der Waals surface area contributed by atoms with Gasteiger partial charge in [0.1, 0.15) is 5.82 Å². The zero-order valence-corrected chi connectivity index (χ0v) is 9.51. The second kappa shape index (κ2) is 4.81. The van der Waals surface area contributed by atoms with E-state index in [1.807, 2.05) is 11.8 Å². The van der Waals surface area contributed by atoms with Gasteiger partial charge in [-0.15, -0.1) is 0 Å². The van der Waals surface area contributed by atoms with Gasteiger partial charge in [0.05, 0.1) is 19.4 Å². The summed E-state index contributed by atoms with van der Waals surface area (Å²) in [7, 11) is 1.63. The monoisotopic (exact) mass is 226 g/mol. The molecule has 1 aromatic rings. The van der Waals surface area contributed by atoms with E-state index in [0.717, 1.165) is 29.2 Å². The molecule has 82 valence electrons. The molecule has 1 aromatic heterocycles. The Morgan fingerprint density at radius 3 is 3.07 bits per heavy atom. The van der Waals surface area contributed by atoms with Gasteiger partial charge < -0.3 is 9.84 Å². The molecule has 0 saturated carbocycles. The summed E-state index contributed by atoms with van der Waals surface area (Å²) in [6.07, 6.45) is 1.47. The number of nitrogens with zero attached hydrogens (tertiary/aromatic N) is 2. The van der Waals surface area contributed by atoms with E-state index in [2.05, 4.69) is 9.97 Å². The molecule has 0 radical (unpaired) electrons. The van der Waals surface area contributed by atoms with Gasteiger partial charge >= 0.3 is 0 Å². The lowest BCUT2D eigenvalue weighted by molar-refractivity contribution is 0.295. The van der Waals surface area contributed by atoms with E-state index in [0.29, 0.717) is 18.1 Å². The van der Waals surface area contributed by atoms with Crippen LogP contribution in [-0.2, 0) is 18.6 Å². The molecule has 5 heteroatoms. The van der Waals surface area contributed by atoms with Crippen molar-refractivity contribution in [1.82, 2.24) is 9.97 Å². The standard InChI is InChI=1S/C10H14N2O2S/c1-14-10-7-6-15-5-3-8(7)11-9(12-10)2-4-13/h13H,2-6H2,1H3. The number of hydrogen-bond acceptors (Lipinski definition) is 5. The van der Waals surface area contributed by atoms with Gasteiger partial charge in [-0.05, 0) is 12.2 Å². The number of aliphatic hydroxyl groups excluding tert-OH is 1. The summed E-state index contributed by atoms with van der Waals surface area (Å²) in [5.41, 5.74) is 2.21. The molecule has 0 bridgehead atoms. The van der Waals surface area contributed by atoms with Crippen LogP contribution in [0.5, 0.6) is 5.88 Å². The summed E-state index contributed by atoms with van der Waals surface area (Å²) in [4.78, 5) is 8.73. The van der Waals surface area contributed by atoms with Crippen molar-refractivity contribution >= 4 is 11.8 Å². The van der Waals surface area contributed by atoms with Gasteiger partial charge in [-0.2, -0.15) is 16.7 Å². The fourth-order valence-electron chi connectivity index (χ4n) is 1.63. The average Bonchev–Trinajstić information content (AvgIpc) is 2.28. The SMILES string of the molecule is COc1nc(CCO)nc2c1CSCC2. The summed E-state index contributed by atoms with van der Waals surface area (Å²) in [6, 6.07) is 0. The molecule has 1 aliphatic heterocycles. The number of ether oxygens (including phenoxy) is 1. The Morgan fingerprint density at radius 1 is 1.47 bits per heavy atom. The largest absolute Gasteiger partial charge is 0.481 e. The van der Waals surface area contributed by atoms with E-state index in [1.165, 1.54) is 0 Å². The molecule has 2 rings (SSSR count). The maximum atomic E-state index is 8.86. The fourth-order valence-corrected chi connectivity index (χ4v) is 2.61. The number of aryl methyl sites for hydroxylation is 1. The second-order valence-corrected chi connectivity index (χ2v) is 4.46. The van der Waals surface area contributed by atoms with Crippen LogP contribution in [0.25, 0.3) is 0 Å². The third-order valence-corrected chi connectivity index (χ3v) is 3.35. The zero-order valence-electron chi connectivity index (χ0n) is 8.69. The zero-order chi connectivity index (χ0) is 10.7. The van der Waals surface area contributed by atoms with Crippen molar-refractivity contribution in [2.24, 2.45) is 0 Å². The second-order valence-electron chi connectivity index (χ2n) is 3.35. The van der Waals surface area contributed by atoms with Crippen LogP contribution >= 0.6 is 11.8 Å². The molecule has 15 heavy (non-hydrogen) atoms. The van der Waals surface area contributed by atoms with Gasteiger partial charge in [-0.1, -0.05) is 0 Å². The highest BCUT2D eigenvalue weighted by molar-refractivity contribution is 7.98. The van der Waals surface area contributed by atoms with Crippen LogP contribution in [0.2, 0.25) is 0 Å². The molecule has 0 aliphatic carbocycles. The third kappa shape index (κ3) is 2.23. The Morgan fingerprint density at radius 2 is 2.33 bits per heavy atom. The van der Waals surface area contributed by atoms with Gasteiger partial charge in [-0.3, -0.25) is 0 Å². The minimum Gasteiger partial charge on any atom is -0.481 e. The molecular formula is C10H14N2O2S. The fraction of sp³-hybridized carbons (Fsp3) is 0.600. The molecule has 2 heterocycles. The van der Waals surface area contributed by atoms with Crippen LogP contribution in [0.1, 0.15) is 17.1 Å². The first kappa shape index (κ1) is 10.7. The Bertz CT molecular complexity index is 340. The lowest BCUT2D eigenvalue weighted by Gasteiger charge is -2.17. The molecule has 0 spiro atoms. The Labute approximate surface area is 93.1 Å². The van der Waals surface area contributed by atoms with E-state index in [9.17, 15) is 0 Å². The molecule has 0 unspecified atom stereocenters. The predicted molar refractivity (Wildman–Crippen MR) is 59.2 cm³/mol. The minimum absolute atomic E-state index is 0.0801. The van der Waals surface area contributed by atoms with E-state index < -0.39 is 0 Å². The van der Waals surface area contributed by atoms with Crippen LogP contribution in [-0.4, -0.2) is 34.5 Å². The van der Waals surface area contributed by atoms with Crippen molar-refractivity contribution in [3.8, 4) is 5.88 Å². The Kier molecular flexibility index (Phi) is 3.43. The van der Waals surface area contributed by atoms with Gasteiger partial charge in [0.2, 0.25) is 5.88 Å². The first-order valence-electron chi connectivity index (χ1n) is 4.96. The van der Waals surface area contributed by atoms with Gasteiger partial charge in [0.15, 0.2) is 0 Å². The molecule has 0 fully saturated rings. The smallest absolute Gasteiger partial charge is 0.220 e. The van der Waals surface area contributed by atoms with Crippen molar-refractivity contribution in [3.05, 3.63) is 17.1 Å². The van der Waals surface area contributed by atoms with Crippen LogP contribution in [0.4, 0.5) is 0 Å². The molecule has 0 amide bonds. The number of aliphatic hydroxyl groups is 1. The summed E-state index contributed by atoms with van der Waals surface area (Å²) in [5, 5.41) is 8.86. The minimum atomic E-state index is 0.0801. The van der Waals surface area contributed by atoms with Crippen molar-refractivity contribution in [2.75, 3.05) is 19.5 Å². The number of thioether (sulfide) groups is 1. The molecule has 0 saturated heterocycles. The summed E-state index contributed by atoms with van der Waals surface area (Å²) < 4.78 is 5.25. The van der Waals surface area contributed by atoms with Gasteiger partial charge in [0, 0.05) is 17.7 Å². The highest BCUT2D eigenvalue weighted by Crippen LogP contribution is 2.29. The van der Waals surface area contributed by atoms with E-state index in [4.69, 9.17) is 9.84 Å². The average molecular weight is 226 g/mol. The van der Waals surface area contributed by atoms with E-state index in [-0.39, 0.29) is 6.61 Å². The molecule has 1 N–H and O–H groups in total. The maximum absolute atomic E-state index is 8.86. The third-order valence-electron chi connectivity index (χ3n) is 2.36. The molecule has 4 nitrogen and oxygen atoms in total.